The highest BCUT2D eigenvalue weighted by molar-refractivity contribution is 5.99. The summed E-state index contributed by atoms with van der Waals surface area (Å²) in [6.07, 6.45) is 6.85. The van der Waals surface area contributed by atoms with E-state index in [-0.39, 0.29) is 25.0 Å². The largest absolute Gasteiger partial charge is 0.454 e. The normalized spacial score (nSPS) is 21.0. The molecule has 1 saturated carbocycles. The molecule has 2 aliphatic rings. The van der Waals surface area contributed by atoms with Gasteiger partial charge in [-0.2, -0.15) is 0 Å². The number of nitrogens with one attached hydrogen (secondary N) is 1. The molecule has 1 saturated heterocycles. The third-order valence-electron chi connectivity index (χ3n) is 6.33. The molecule has 0 spiro atoms. The summed E-state index contributed by atoms with van der Waals surface area (Å²) in [5.74, 6) is -0.478. The number of ether oxygens (including phenoxy) is 1. The average Bonchev–Trinajstić information content (AvgIpc) is 2.80. The predicted octanol–water partition coefficient (Wildman–Crippen LogP) is 3.29. The van der Waals surface area contributed by atoms with Crippen LogP contribution in [0.25, 0.3) is 10.8 Å². The number of esters is 1. The Kier molecular flexibility index (Phi) is 6.31. The Morgan fingerprint density at radius 3 is 2.60 bits per heavy atom. The maximum absolute atomic E-state index is 12.6. The first kappa shape index (κ1) is 20.4. The highest BCUT2D eigenvalue weighted by atomic mass is 16.5. The van der Waals surface area contributed by atoms with Gasteiger partial charge in [-0.15, -0.1) is 0 Å². The van der Waals surface area contributed by atoms with E-state index in [9.17, 15) is 14.4 Å². The summed E-state index contributed by atoms with van der Waals surface area (Å²) in [5.41, 5.74) is 0.481. The summed E-state index contributed by atoms with van der Waals surface area (Å²) in [6.45, 7) is 0.231. The maximum Gasteiger partial charge on any atom is 0.325 e. The van der Waals surface area contributed by atoms with E-state index in [1.807, 2.05) is 35.2 Å². The van der Waals surface area contributed by atoms with E-state index in [4.69, 9.17) is 4.74 Å². The summed E-state index contributed by atoms with van der Waals surface area (Å²) in [6, 6.07) is 13.4. The van der Waals surface area contributed by atoms with Crippen LogP contribution in [0.4, 0.5) is 0 Å². The van der Waals surface area contributed by atoms with Crippen LogP contribution in [0, 0.1) is 5.92 Å². The summed E-state index contributed by atoms with van der Waals surface area (Å²) < 4.78 is 5.15. The fourth-order valence-corrected chi connectivity index (χ4v) is 4.80. The third-order valence-corrected chi connectivity index (χ3v) is 6.33. The molecule has 0 bridgehead atoms. The molecule has 4 rings (SSSR count). The molecule has 6 nitrogen and oxygen atoms in total. The van der Waals surface area contributed by atoms with Gasteiger partial charge in [-0.3, -0.25) is 14.4 Å². The molecule has 30 heavy (non-hydrogen) atoms. The quantitative estimate of drug-likeness (QED) is 0.771. The first-order valence-electron chi connectivity index (χ1n) is 10.8. The minimum absolute atomic E-state index is 0.124. The molecule has 2 amide bonds. The molecule has 0 radical (unpaired) electrons. The van der Waals surface area contributed by atoms with Gasteiger partial charge >= 0.3 is 5.97 Å². The van der Waals surface area contributed by atoms with E-state index in [2.05, 4.69) is 5.32 Å². The molecule has 0 aromatic heterocycles. The van der Waals surface area contributed by atoms with Crippen LogP contribution in [-0.4, -0.2) is 48.4 Å². The lowest BCUT2D eigenvalue weighted by atomic mass is 9.78. The maximum atomic E-state index is 12.6. The van der Waals surface area contributed by atoms with Gasteiger partial charge in [0.05, 0.1) is 0 Å². The number of carbonyl (C=O) groups is 3. The van der Waals surface area contributed by atoms with Gasteiger partial charge in [-0.25, -0.2) is 0 Å². The molecule has 2 aromatic rings. The molecule has 1 aliphatic carbocycles. The lowest BCUT2D eigenvalue weighted by Crippen LogP contribution is -2.51. The number of carbonyl (C=O) groups excluding carboxylic acids is 3. The zero-order chi connectivity index (χ0) is 20.9. The van der Waals surface area contributed by atoms with Crippen LogP contribution in [-0.2, 0) is 14.3 Å². The van der Waals surface area contributed by atoms with Crippen molar-refractivity contribution >= 4 is 28.6 Å². The van der Waals surface area contributed by atoms with Gasteiger partial charge < -0.3 is 15.0 Å². The molecular formula is C24H28N2O4. The van der Waals surface area contributed by atoms with Gasteiger partial charge in [-0.1, -0.05) is 43.2 Å². The number of piperidine rings is 1. The van der Waals surface area contributed by atoms with Crippen molar-refractivity contribution in [2.24, 2.45) is 5.92 Å². The van der Waals surface area contributed by atoms with Crippen LogP contribution in [0.5, 0.6) is 0 Å². The van der Waals surface area contributed by atoms with Crippen LogP contribution in [0.2, 0.25) is 0 Å². The predicted molar refractivity (Wildman–Crippen MR) is 114 cm³/mol. The molecule has 2 fully saturated rings. The molecule has 1 N–H and O–H groups in total. The Morgan fingerprint density at radius 2 is 1.73 bits per heavy atom. The van der Waals surface area contributed by atoms with Gasteiger partial charge in [-0.05, 0) is 54.5 Å². The van der Waals surface area contributed by atoms with E-state index in [1.165, 1.54) is 19.3 Å². The molecule has 2 atom stereocenters. The van der Waals surface area contributed by atoms with Crippen molar-refractivity contribution in [3.63, 3.8) is 0 Å². The Morgan fingerprint density at radius 1 is 0.967 bits per heavy atom. The molecule has 1 heterocycles. The fourth-order valence-electron chi connectivity index (χ4n) is 4.80. The van der Waals surface area contributed by atoms with Gasteiger partial charge in [0, 0.05) is 18.2 Å². The number of fused-ring (bicyclic) bond motifs is 2. The number of amides is 2. The average molecular weight is 408 g/mol. The van der Waals surface area contributed by atoms with E-state index >= 15 is 0 Å². The Balaban J connectivity index is 1.25. The van der Waals surface area contributed by atoms with Gasteiger partial charge in [0.2, 0.25) is 0 Å². The molecule has 6 heteroatoms. The zero-order valence-electron chi connectivity index (χ0n) is 17.1. The van der Waals surface area contributed by atoms with Crippen LogP contribution >= 0.6 is 0 Å². The summed E-state index contributed by atoms with van der Waals surface area (Å²) in [7, 11) is 0. The van der Waals surface area contributed by atoms with E-state index in [1.54, 1.807) is 12.1 Å². The molecule has 158 valence electrons. The number of rotatable bonds is 5. The van der Waals surface area contributed by atoms with Gasteiger partial charge in [0.25, 0.3) is 11.8 Å². The van der Waals surface area contributed by atoms with Gasteiger partial charge in [0.15, 0.2) is 6.61 Å². The SMILES string of the molecule is O=C(CNC(=O)c1ccc2ccccc2c1)OCC(=O)N1CCC[C@@H]2CCCC[C@@H]21. The van der Waals surface area contributed by atoms with Crippen LogP contribution in [0.1, 0.15) is 48.9 Å². The van der Waals surface area contributed by atoms with E-state index in [0.717, 1.165) is 36.6 Å². The van der Waals surface area contributed by atoms with Crippen molar-refractivity contribution in [3.8, 4) is 0 Å². The second kappa shape index (κ2) is 9.28. The van der Waals surface area contributed by atoms with Crippen molar-refractivity contribution in [2.75, 3.05) is 19.7 Å². The molecular weight excluding hydrogens is 380 g/mol. The lowest BCUT2D eigenvalue weighted by molar-refractivity contribution is -0.154. The highest BCUT2D eigenvalue weighted by Crippen LogP contribution is 2.35. The first-order valence-corrected chi connectivity index (χ1v) is 10.8. The minimum Gasteiger partial charge on any atom is -0.454 e. The van der Waals surface area contributed by atoms with Crippen LogP contribution in [0.15, 0.2) is 42.5 Å². The Labute approximate surface area is 176 Å². The Bertz CT molecular complexity index is 940. The molecule has 0 unspecified atom stereocenters. The van der Waals surface area contributed by atoms with Crippen molar-refractivity contribution < 1.29 is 19.1 Å². The number of hydrogen-bond acceptors (Lipinski definition) is 4. The smallest absolute Gasteiger partial charge is 0.325 e. The zero-order valence-corrected chi connectivity index (χ0v) is 17.1. The number of benzene rings is 2. The number of likely N-dealkylation sites (tertiary alicyclic amines) is 1. The van der Waals surface area contributed by atoms with Crippen molar-refractivity contribution in [3.05, 3.63) is 48.0 Å². The first-order chi connectivity index (χ1) is 14.6. The summed E-state index contributed by atoms with van der Waals surface area (Å²) >= 11 is 0. The number of hydrogen-bond donors (Lipinski definition) is 1. The van der Waals surface area contributed by atoms with E-state index < -0.39 is 5.97 Å². The standard InChI is InChI=1S/C24H28N2O4/c27-22(26-13-5-9-18-7-3-4-10-21(18)26)16-30-23(28)15-25-24(29)20-12-11-17-6-1-2-8-19(17)14-20/h1-2,6,8,11-12,14,18,21H,3-5,7,9-10,13,15-16H2,(H,25,29)/t18-,21-/m0/s1. The van der Waals surface area contributed by atoms with Crippen LogP contribution in [0.3, 0.4) is 0 Å². The third kappa shape index (κ3) is 4.64. The van der Waals surface area contributed by atoms with Gasteiger partial charge in [0.1, 0.15) is 6.54 Å². The summed E-state index contributed by atoms with van der Waals surface area (Å²) in [5, 5.41) is 4.58. The van der Waals surface area contributed by atoms with Crippen molar-refractivity contribution in [2.45, 2.75) is 44.6 Å². The summed E-state index contributed by atoms with van der Waals surface area (Å²) in [4.78, 5) is 38.9. The highest BCUT2D eigenvalue weighted by Gasteiger charge is 2.35. The second-order valence-electron chi connectivity index (χ2n) is 8.25. The minimum atomic E-state index is -0.602. The van der Waals surface area contributed by atoms with Crippen molar-refractivity contribution in [1.82, 2.24) is 10.2 Å². The van der Waals surface area contributed by atoms with Crippen molar-refractivity contribution in [1.29, 1.82) is 0 Å². The lowest BCUT2D eigenvalue weighted by Gasteiger charge is -2.44. The molecule has 2 aromatic carbocycles. The molecule has 1 aliphatic heterocycles. The topological polar surface area (TPSA) is 75.7 Å². The Hall–Kier alpha value is -2.89. The van der Waals surface area contributed by atoms with Crippen LogP contribution < -0.4 is 5.32 Å². The number of nitrogens with zero attached hydrogens (tertiary/aromatic N) is 1. The second-order valence-corrected chi connectivity index (χ2v) is 8.25. The fraction of sp³-hybridized carbons (Fsp3) is 0.458. The monoisotopic (exact) mass is 408 g/mol. The van der Waals surface area contributed by atoms with E-state index in [0.29, 0.717) is 17.5 Å².